The summed E-state index contributed by atoms with van der Waals surface area (Å²) in [4.78, 5) is 39.9. The van der Waals surface area contributed by atoms with Gasteiger partial charge in [-0.05, 0) is 31.5 Å². The maximum atomic E-state index is 14.0. The summed E-state index contributed by atoms with van der Waals surface area (Å²) in [6.07, 6.45) is 0.192. The molecule has 0 unspecified atom stereocenters. The number of benzene rings is 1. The van der Waals surface area contributed by atoms with Crippen LogP contribution in [0, 0.1) is 0 Å². The number of nitrogens with one attached hydrogen (secondary N) is 1. The number of rotatable bonds is 4. The molecule has 3 aliphatic rings. The number of hydrogen-bond acceptors (Lipinski definition) is 6. The molecule has 3 aliphatic heterocycles. The Bertz CT molecular complexity index is 1070. The van der Waals surface area contributed by atoms with Gasteiger partial charge in [-0.15, -0.1) is 0 Å². The number of anilines is 1. The first-order valence-corrected chi connectivity index (χ1v) is 10.8. The molecular weight excluding hydrogens is 405 g/mol. The zero-order valence-electron chi connectivity index (χ0n) is 17.4. The van der Waals surface area contributed by atoms with Gasteiger partial charge in [-0.2, -0.15) is 9.69 Å². The van der Waals surface area contributed by atoms with Gasteiger partial charge in [-0.25, -0.2) is 9.18 Å². The van der Waals surface area contributed by atoms with Gasteiger partial charge in [-0.1, -0.05) is 6.07 Å². The molecule has 0 aliphatic carbocycles. The fourth-order valence-electron chi connectivity index (χ4n) is 4.71. The average molecular weight is 431 g/mol. The number of ether oxygens (including phenoxy) is 1. The smallest absolute Gasteiger partial charge is 0.348 e. The summed E-state index contributed by atoms with van der Waals surface area (Å²) in [5.74, 6) is -0.729. The van der Waals surface area contributed by atoms with Crippen molar-refractivity contribution in [3.05, 3.63) is 28.7 Å². The quantitative estimate of drug-likeness (QED) is 0.706. The highest BCUT2D eigenvalue weighted by molar-refractivity contribution is 6.11. The molecule has 0 saturated carbocycles. The Kier molecular flexibility index (Phi) is 5.05. The zero-order valence-corrected chi connectivity index (χ0v) is 17.4. The Hall–Kier alpha value is -2.72. The first kappa shape index (κ1) is 20.2. The van der Waals surface area contributed by atoms with E-state index in [0.29, 0.717) is 43.5 Å². The van der Waals surface area contributed by atoms with Crippen molar-refractivity contribution in [2.45, 2.75) is 44.1 Å². The average Bonchev–Trinajstić information content (AvgIpc) is 2.97. The van der Waals surface area contributed by atoms with Gasteiger partial charge in [0.1, 0.15) is 6.17 Å². The summed E-state index contributed by atoms with van der Waals surface area (Å²) in [6.45, 7) is 2.27. The highest BCUT2D eigenvalue weighted by Crippen LogP contribution is 2.31. The molecule has 31 heavy (non-hydrogen) atoms. The molecule has 5 rings (SSSR count). The number of amides is 2. The van der Waals surface area contributed by atoms with Gasteiger partial charge in [-0.3, -0.25) is 14.2 Å². The minimum absolute atomic E-state index is 0.0685. The molecule has 9 nitrogen and oxygen atoms in total. The number of fused-ring (bicyclic) bond motifs is 1. The molecule has 3 saturated heterocycles. The molecule has 10 heteroatoms. The van der Waals surface area contributed by atoms with Crippen LogP contribution in [0.15, 0.2) is 23.0 Å². The number of para-hydroxylation sites is 1. The first-order chi connectivity index (χ1) is 15.0. The number of aromatic nitrogens is 2. The second-order valence-corrected chi connectivity index (χ2v) is 8.46. The normalized spacial score (nSPS) is 25.4. The van der Waals surface area contributed by atoms with Crippen molar-refractivity contribution < 1.29 is 18.7 Å². The van der Waals surface area contributed by atoms with Crippen molar-refractivity contribution in [3.8, 4) is 0 Å². The van der Waals surface area contributed by atoms with Crippen LogP contribution in [0.1, 0.15) is 25.7 Å². The topological polar surface area (TPSA) is 88.8 Å². The van der Waals surface area contributed by atoms with E-state index in [4.69, 9.17) is 4.74 Å². The third-order valence-electron chi connectivity index (χ3n) is 6.38. The highest BCUT2D eigenvalue weighted by atomic mass is 19.1. The number of halogens is 1. The molecule has 3 fully saturated rings. The fraction of sp³-hybridized carbons (Fsp3) is 0.571. The third-order valence-corrected chi connectivity index (χ3v) is 6.38. The summed E-state index contributed by atoms with van der Waals surface area (Å²) < 4.78 is 22.7. The van der Waals surface area contributed by atoms with Crippen LogP contribution in [0.2, 0.25) is 0 Å². The summed E-state index contributed by atoms with van der Waals surface area (Å²) in [6, 6.07) is 5.46. The Labute approximate surface area is 178 Å². The van der Waals surface area contributed by atoms with Crippen LogP contribution in [-0.4, -0.2) is 65.6 Å². The van der Waals surface area contributed by atoms with Crippen LogP contribution in [0.4, 0.5) is 10.1 Å². The van der Waals surface area contributed by atoms with E-state index >= 15 is 0 Å². The molecule has 0 spiro atoms. The standard InChI is InChI=1S/C21H26FN5O4/c1-24-20-15(25-11-13(12-25)31-17-8-9-23-10-14(17)22)4-2-5-16(20)26(21(24)30)27-18(28)6-3-7-19(27)29/h2,4-5,13-14,17,23H,3,6-12H2,1H3/t14-,17-/m1/s1. The number of imide groups is 1. The van der Waals surface area contributed by atoms with Crippen LogP contribution in [0.25, 0.3) is 11.0 Å². The lowest BCUT2D eigenvalue weighted by Gasteiger charge is -2.43. The van der Waals surface area contributed by atoms with Gasteiger partial charge in [0.15, 0.2) is 0 Å². The Morgan fingerprint density at radius 2 is 1.87 bits per heavy atom. The van der Waals surface area contributed by atoms with Gasteiger partial charge in [0.2, 0.25) is 11.8 Å². The second-order valence-electron chi connectivity index (χ2n) is 8.46. The molecule has 1 N–H and O–H groups in total. The van der Waals surface area contributed by atoms with E-state index in [-0.39, 0.29) is 36.9 Å². The van der Waals surface area contributed by atoms with Crippen molar-refractivity contribution in [3.63, 3.8) is 0 Å². The van der Waals surface area contributed by atoms with E-state index in [9.17, 15) is 18.8 Å². The van der Waals surface area contributed by atoms with E-state index in [1.54, 1.807) is 13.1 Å². The van der Waals surface area contributed by atoms with E-state index < -0.39 is 11.9 Å². The van der Waals surface area contributed by atoms with Crippen molar-refractivity contribution in [2.75, 3.05) is 36.1 Å². The first-order valence-electron chi connectivity index (χ1n) is 10.8. The maximum Gasteiger partial charge on any atom is 0.348 e. The number of alkyl halides is 1. The Balaban J connectivity index is 1.42. The van der Waals surface area contributed by atoms with Crippen molar-refractivity contribution in [1.82, 2.24) is 14.6 Å². The number of carbonyl (C=O) groups is 2. The number of imidazole rings is 1. The fourth-order valence-corrected chi connectivity index (χ4v) is 4.71. The maximum absolute atomic E-state index is 14.0. The second kappa shape index (κ2) is 7.76. The van der Waals surface area contributed by atoms with Gasteiger partial charge >= 0.3 is 5.69 Å². The lowest BCUT2D eigenvalue weighted by Crippen LogP contribution is -2.56. The van der Waals surface area contributed by atoms with E-state index in [2.05, 4.69) is 10.2 Å². The molecular formula is C21H26FN5O4. The molecule has 1 aromatic carbocycles. The van der Waals surface area contributed by atoms with Gasteiger partial charge in [0, 0.05) is 39.5 Å². The van der Waals surface area contributed by atoms with Gasteiger partial charge < -0.3 is 15.0 Å². The van der Waals surface area contributed by atoms with Crippen LogP contribution < -0.4 is 20.9 Å². The summed E-state index contributed by atoms with van der Waals surface area (Å²) in [5, 5.41) is 4.01. The predicted molar refractivity (Wildman–Crippen MR) is 113 cm³/mol. The van der Waals surface area contributed by atoms with Crippen LogP contribution in [0.5, 0.6) is 0 Å². The lowest BCUT2D eigenvalue weighted by molar-refractivity contribution is -0.131. The Morgan fingerprint density at radius 1 is 1.13 bits per heavy atom. The molecule has 2 aromatic rings. The summed E-state index contributed by atoms with van der Waals surface area (Å²) in [5.41, 5.74) is 1.56. The van der Waals surface area contributed by atoms with Crippen molar-refractivity contribution in [2.24, 2.45) is 7.05 Å². The molecule has 2 amide bonds. The van der Waals surface area contributed by atoms with E-state index in [0.717, 1.165) is 17.2 Å². The third kappa shape index (κ3) is 3.34. The molecule has 166 valence electrons. The minimum atomic E-state index is -0.999. The van der Waals surface area contributed by atoms with Crippen molar-refractivity contribution >= 4 is 28.5 Å². The lowest BCUT2D eigenvalue weighted by atomic mass is 10.1. The predicted octanol–water partition coefficient (Wildman–Crippen LogP) is 0.420. The monoisotopic (exact) mass is 431 g/mol. The summed E-state index contributed by atoms with van der Waals surface area (Å²) in [7, 11) is 1.64. The summed E-state index contributed by atoms with van der Waals surface area (Å²) >= 11 is 0. The zero-order chi connectivity index (χ0) is 21.7. The SMILES string of the molecule is Cn1c(=O)n(N2C(=O)CCCC2=O)c2cccc(N3CC(O[C@@H]4CCNC[C@H]4F)C3)c21. The molecule has 2 atom stereocenters. The van der Waals surface area contributed by atoms with Gasteiger partial charge in [0.25, 0.3) is 0 Å². The Morgan fingerprint density at radius 3 is 2.58 bits per heavy atom. The minimum Gasteiger partial charge on any atom is -0.368 e. The number of hydrogen-bond donors (Lipinski definition) is 1. The molecule has 4 heterocycles. The van der Waals surface area contributed by atoms with Crippen molar-refractivity contribution in [1.29, 1.82) is 0 Å². The molecule has 0 radical (unpaired) electrons. The van der Waals surface area contributed by atoms with Crippen LogP contribution in [-0.2, 0) is 21.4 Å². The van der Waals surface area contributed by atoms with Crippen LogP contribution >= 0.6 is 0 Å². The number of aryl methyl sites for hydroxylation is 1. The number of nitrogens with zero attached hydrogens (tertiary/aromatic N) is 4. The van der Waals surface area contributed by atoms with Crippen LogP contribution in [0.3, 0.4) is 0 Å². The number of carbonyl (C=O) groups excluding carboxylic acids is 2. The van der Waals surface area contributed by atoms with E-state index in [1.165, 1.54) is 9.24 Å². The number of piperidine rings is 2. The van der Waals surface area contributed by atoms with E-state index in [1.807, 2.05) is 12.1 Å². The largest absolute Gasteiger partial charge is 0.368 e. The highest BCUT2D eigenvalue weighted by Gasteiger charge is 2.36. The van der Waals surface area contributed by atoms with Gasteiger partial charge in [0.05, 0.1) is 28.9 Å². The molecule has 0 bridgehead atoms. The molecule has 1 aromatic heterocycles.